The molecule has 182 valence electrons. The van der Waals surface area contributed by atoms with E-state index >= 15 is 0 Å². The molecule has 1 unspecified atom stereocenters. The molecule has 1 aliphatic rings. The lowest BCUT2D eigenvalue weighted by Gasteiger charge is -2.30. The summed E-state index contributed by atoms with van der Waals surface area (Å²) in [5.41, 5.74) is 0.724. The fourth-order valence-electron chi connectivity index (χ4n) is 4.25. The molecule has 0 aliphatic carbocycles. The van der Waals surface area contributed by atoms with Crippen molar-refractivity contribution < 1.29 is 33.4 Å². The molecule has 1 fully saturated rings. The highest BCUT2D eigenvalue weighted by Crippen LogP contribution is 2.41. The van der Waals surface area contributed by atoms with E-state index in [0.717, 1.165) is 10.0 Å². The molecule has 2 heterocycles. The highest BCUT2D eigenvalue weighted by Gasteiger charge is 2.51. The number of halogens is 1. The predicted octanol–water partition coefficient (Wildman–Crippen LogP) is 3.21. The smallest absolute Gasteiger partial charge is 0.320 e. The van der Waals surface area contributed by atoms with E-state index < -0.39 is 41.8 Å². The Hall–Kier alpha value is -3.01. The maximum absolute atomic E-state index is 13.1. The van der Waals surface area contributed by atoms with Gasteiger partial charge >= 0.3 is 17.9 Å². The van der Waals surface area contributed by atoms with Crippen molar-refractivity contribution in [3.05, 3.63) is 52.5 Å². The van der Waals surface area contributed by atoms with Crippen molar-refractivity contribution in [3.63, 3.8) is 0 Å². The van der Waals surface area contributed by atoms with E-state index in [0.29, 0.717) is 0 Å². The summed E-state index contributed by atoms with van der Waals surface area (Å²) in [7, 11) is 1.71. The van der Waals surface area contributed by atoms with Crippen LogP contribution in [0.15, 0.2) is 41.1 Å². The topological polar surface area (TPSA) is 114 Å². The number of esters is 3. The summed E-state index contributed by atoms with van der Waals surface area (Å²) in [5, 5.41) is 0. The molecule has 0 bridgehead atoms. The fourth-order valence-corrected chi connectivity index (χ4v) is 4.52. The minimum atomic E-state index is -1.35. The monoisotopic (exact) mass is 534 g/mol. The van der Waals surface area contributed by atoms with Crippen LogP contribution in [0.5, 0.6) is 0 Å². The van der Waals surface area contributed by atoms with Gasteiger partial charge in [-0.3, -0.25) is 19.2 Å². The van der Waals surface area contributed by atoms with Crippen molar-refractivity contribution in [1.82, 2.24) is 9.55 Å². The molecular formula is C24H27BrN2O7. The van der Waals surface area contributed by atoms with E-state index in [4.69, 9.17) is 14.2 Å². The summed E-state index contributed by atoms with van der Waals surface area (Å²) in [6.45, 7) is 3.39. The number of ketones is 1. The van der Waals surface area contributed by atoms with Gasteiger partial charge in [-0.1, -0.05) is 28.1 Å². The largest absolute Gasteiger partial charge is 0.465 e. The number of aromatic nitrogens is 2. The van der Waals surface area contributed by atoms with Gasteiger partial charge in [0.25, 0.3) is 0 Å². The molecule has 2 aromatic rings. The van der Waals surface area contributed by atoms with Gasteiger partial charge < -0.3 is 18.8 Å². The van der Waals surface area contributed by atoms with Gasteiger partial charge in [-0.2, -0.15) is 0 Å². The zero-order valence-corrected chi connectivity index (χ0v) is 20.8. The number of cyclic esters (lactones) is 1. The summed E-state index contributed by atoms with van der Waals surface area (Å²) in [6, 6.07) is 7.25. The molecule has 3 rings (SSSR count). The number of rotatable bonds is 10. The van der Waals surface area contributed by atoms with Crippen LogP contribution in [0.25, 0.3) is 0 Å². The molecule has 10 heteroatoms. The second-order valence-electron chi connectivity index (χ2n) is 7.95. The third kappa shape index (κ3) is 5.72. The summed E-state index contributed by atoms with van der Waals surface area (Å²) < 4.78 is 18.4. The van der Waals surface area contributed by atoms with Crippen LogP contribution in [0.1, 0.15) is 48.8 Å². The van der Waals surface area contributed by atoms with Crippen molar-refractivity contribution in [2.75, 3.05) is 13.2 Å². The SMILES string of the molecule is CCOC(=O)C(C(=O)OCC)C1CC(=O)O[C@H]1[C@H](CC(=O)c1nccn1C)c1ccc(Br)cc1. The van der Waals surface area contributed by atoms with Crippen LogP contribution >= 0.6 is 15.9 Å². The standard InChI is InChI=1S/C24H27BrN2O7/c1-4-32-23(30)20(24(31)33-5-2)17-13-19(29)34-21(17)16(14-6-8-15(25)9-7-14)12-18(28)22-26-10-11-27(22)3/h6-11,16-17,20-21H,4-5,12-13H2,1-3H3/t16-,17?,21+/m1/s1. The number of hydrogen-bond donors (Lipinski definition) is 0. The molecule has 1 aromatic heterocycles. The summed E-state index contributed by atoms with van der Waals surface area (Å²) in [4.78, 5) is 55.3. The number of carbonyl (C=O) groups is 4. The Morgan fingerprint density at radius 2 is 1.76 bits per heavy atom. The second kappa shape index (κ2) is 11.4. The average Bonchev–Trinajstić information content (AvgIpc) is 3.38. The third-order valence-corrected chi connectivity index (χ3v) is 6.30. The van der Waals surface area contributed by atoms with Gasteiger partial charge in [0.15, 0.2) is 17.5 Å². The molecule has 0 radical (unpaired) electrons. The molecule has 34 heavy (non-hydrogen) atoms. The predicted molar refractivity (Wildman–Crippen MR) is 124 cm³/mol. The number of aryl methyl sites for hydroxylation is 1. The first kappa shape index (κ1) is 25.6. The van der Waals surface area contributed by atoms with Gasteiger partial charge in [-0.15, -0.1) is 0 Å². The zero-order valence-electron chi connectivity index (χ0n) is 19.2. The first-order valence-corrected chi connectivity index (χ1v) is 11.8. The second-order valence-corrected chi connectivity index (χ2v) is 8.87. The summed E-state index contributed by atoms with van der Waals surface area (Å²) >= 11 is 3.40. The van der Waals surface area contributed by atoms with Gasteiger partial charge in [0, 0.05) is 42.2 Å². The van der Waals surface area contributed by atoms with Crippen molar-refractivity contribution in [2.45, 2.75) is 38.7 Å². The number of benzene rings is 1. The summed E-state index contributed by atoms with van der Waals surface area (Å²) in [5.74, 6) is -4.94. The first-order valence-electron chi connectivity index (χ1n) is 11.1. The summed E-state index contributed by atoms with van der Waals surface area (Å²) in [6.07, 6.45) is 2.06. The van der Waals surface area contributed by atoms with Crippen LogP contribution in [0.4, 0.5) is 0 Å². The minimum Gasteiger partial charge on any atom is -0.465 e. The van der Waals surface area contributed by atoms with E-state index in [-0.39, 0.29) is 37.7 Å². The average molecular weight is 535 g/mol. The van der Waals surface area contributed by atoms with Crippen LogP contribution < -0.4 is 0 Å². The lowest BCUT2D eigenvalue weighted by molar-refractivity contribution is -0.166. The Morgan fingerprint density at radius 3 is 2.29 bits per heavy atom. The van der Waals surface area contributed by atoms with Gasteiger partial charge in [0.2, 0.25) is 0 Å². The molecule has 1 saturated heterocycles. The molecule has 3 atom stereocenters. The molecular weight excluding hydrogens is 508 g/mol. The molecule has 0 saturated carbocycles. The Labute approximate surface area is 205 Å². The Balaban J connectivity index is 2.02. The Kier molecular flexibility index (Phi) is 8.60. The number of hydrogen-bond acceptors (Lipinski definition) is 8. The van der Waals surface area contributed by atoms with Crippen LogP contribution in [0.2, 0.25) is 0 Å². The zero-order chi connectivity index (χ0) is 24.8. The normalized spacial score (nSPS) is 18.4. The number of nitrogens with zero attached hydrogens (tertiary/aromatic N) is 2. The maximum Gasteiger partial charge on any atom is 0.320 e. The maximum atomic E-state index is 13.1. The molecule has 1 aromatic carbocycles. The van der Waals surface area contributed by atoms with E-state index in [1.807, 2.05) is 24.3 Å². The molecule has 0 N–H and O–H groups in total. The van der Waals surface area contributed by atoms with Crippen LogP contribution in [-0.4, -0.2) is 52.6 Å². The van der Waals surface area contributed by atoms with E-state index in [1.165, 1.54) is 6.20 Å². The van der Waals surface area contributed by atoms with Gasteiger partial charge in [-0.25, -0.2) is 4.98 Å². The fraction of sp³-hybridized carbons (Fsp3) is 0.458. The quantitative estimate of drug-likeness (QED) is 0.197. The van der Waals surface area contributed by atoms with Crippen LogP contribution in [0.3, 0.4) is 0 Å². The molecule has 1 aliphatic heterocycles. The lowest BCUT2D eigenvalue weighted by Crippen LogP contribution is -2.40. The highest BCUT2D eigenvalue weighted by molar-refractivity contribution is 9.10. The molecule has 0 spiro atoms. The van der Waals surface area contributed by atoms with Crippen molar-refractivity contribution in [3.8, 4) is 0 Å². The van der Waals surface area contributed by atoms with Crippen molar-refractivity contribution in [1.29, 1.82) is 0 Å². The number of ether oxygens (including phenoxy) is 3. The molecule has 9 nitrogen and oxygen atoms in total. The van der Waals surface area contributed by atoms with Gasteiger partial charge in [0.1, 0.15) is 6.10 Å². The number of imidazole rings is 1. The van der Waals surface area contributed by atoms with Gasteiger partial charge in [0.05, 0.1) is 19.6 Å². The Morgan fingerprint density at radius 1 is 1.15 bits per heavy atom. The van der Waals surface area contributed by atoms with E-state index in [9.17, 15) is 19.2 Å². The van der Waals surface area contributed by atoms with Crippen molar-refractivity contribution in [2.24, 2.45) is 18.9 Å². The lowest BCUT2D eigenvalue weighted by atomic mass is 9.77. The Bertz CT molecular complexity index is 1030. The highest BCUT2D eigenvalue weighted by atomic mass is 79.9. The van der Waals surface area contributed by atoms with Crippen molar-refractivity contribution >= 4 is 39.6 Å². The number of carbonyl (C=O) groups excluding carboxylic acids is 4. The van der Waals surface area contributed by atoms with Crippen LogP contribution in [-0.2, 0) is 35.6 Å². The van der Waals surface area contributed by atoms with Gasteiger partial charge in [-0.05, 0) is 31.5 Å². The molecule has 0 amide bonds. The van der Waals surface area contributed by atoms with Crippen LogP contribution in [0, 0.1) is 11.8 Å². The third-order valence-electron chi connectivity index (χ3n) is 5.77. The minimum absolute atomic E-state index is 0.0424. The first-order chi connectivity index (χ1) is 16.3. The number of Topliss-reactive ketones (excluding diaryl/α,β-unsaturated/α-hetero) is 1. The van der Waals surface area contributed by atoms with E-state index in [1.54, 1.807) is 31.7 Å². The van der Waals surface area contributed by atoms with E-state index in [2.05, 4.69) is 20.9 Å².